The van der Waals surface area contributed by atoms with Crippen LogP contribution in [0.3, 0.4) is 0 Å². The molecule has 0 aromatic heterocycles. The first-order chi connectivity index (χ1) is 11.2. The summed E-state index contributed by atoms with van der Waals surface area (Å²) in [5.41, 5.74) is 0.353. The maximum Gasteiger partial charge on any atom is 0.224 e. The molecule has 0 aromatic carbocycles. The quantitative estimate of drug-likeness (QED) is 0.836. The van der Waals surface area contributed by atoms with Crippen LogP contribution < -0.4 is 10.6 Å². The van der Waals surface area contributed by atoms with Crippen LogP contribution >= 0.6 is 0 Å². The predicted molar refractivity (Wildman–Crippen MR) is 90.8 cm³/mol. The van der Waals surface area contributed by atoms with Gasteiger partial charge in [0.1, 0.15) is 0 Å². The number of hydrogen-bond acceptors (Lipinski definition) is 2. The maximum atomic E-state index is 12.5. The SMILES string of the molecule is O=C1CC[C@H](C(=O)NCC2(C3CCCCC3)CCCCC2)CN1. The smallest absolute Gasteiger partial charge is 0.224 e. The Hall–Kier alpha value is -1.06. The van der Waals surface area contributed by atoms with Crippen molar-refractivity contribution in [3.05, 3.63) is 0 Å². The summed E-state index contributed by atoms with van der Waals surface area (Å²) in [6.07, 6.45) is 14.6. The summed E-state index contributed by atoms with van der Waals surface area (Å²) < 4.78 is 0. The van der Waals surface area contributed by atoms with Gasteiger partial charge in [-0.1, -0.05) is 38.5 Å². The molecule has 2 aliphatic carbocycles. The van der Waals surface area contributed by atoms with Gasteiger partial charge in [-0.3, -0.25) is 9.59 Å². The normalized spacial score (nSPS) is 28.9. The number of piperidine rings is 1. The Balaban J connectivity index is 1.57. The van der Waals surface area contributed by atoms with Crippen LogP contribution in [0.15, 0.2) is 0 Å². The molecule has 0 unspecified atom stereocenters. The lowest BCUT2D eigenvalue weighted by atomic mass is 9.61. The van der Waals surface area contributed by atoms with E-state index in [9.17, 15) is 9.59 Å². The van der Waals surface area contributed by atoms with E-state index in [0.29, 0.717) is 24.8 Å². The fourth-order valence-corrected chi connectivity index (χ4v) is 5.06. The highest BCUT2D eigenvalue weighted by atomic mass is 16.2. The highest BCUT2D eigenvalue weighted by molar-refractivity contribution is 5.83. The van der Waals surface area contributed by atoms with Gasteiger partial charge in [-0.25, -0.2) is 0 Å². The summed E-state index contributed by atoms with van der Waals surface area (Å²) in [6, 6.07) is 0. The van der Waals surface area contributed by atoms with Crippen molar-refractivity contribution < 1.29 is 9.59 Å². The van der Waals surface area contributed by atoms with Crippen molar-refractivity contribution in [1.29, 1.82) is 0 Å². The molecule has 0 bridgehead atoms. The van der Waals surface area contributed by atoms with E-state index in [-0.39, 0.29) is 17.7 Å². The third-order valence-electron chi connectivity index (χ3n) is 6.57. The Labute approximate surface area is 140 Å². The maximum absolute atomic E-state index is 12.5. The molecule has 1 aliphatic heterocycles. The van der Waals surface area contributed by atoms with Crippen molar-refractivity contribution in [2.75, 3.05) is 13.1 Å². The molecule has 23 heavy (non-hydrogen) atoms. The van der Waals surface area contributed by atoms with Crippen molar-refractivity contribution in [3.8, 4) is 0 Å². The van der Waals surface area contributed by atoms with Crippen LogP contribution in [-0.4, -0.2) is 24.9 Å². The molecule has 130 valence electrons. The lowest BCUT2D eigenvalue weighted by Crippen LogP contribution is -2.48. The molecule has 4 nitrogen and oxygen atoms in total. The number of carbonyl (C=O) groups excluding carboxylic acids is 2. The minimum atomic E-state index is -0.0281. The summed E-state index contributed by atoms with van der Waals surface area (Å²) in [6.45, 7) is 1.38. The molecule has 3 fully saturated rings. The van der Waals surface area contributed by atoms with Crippen molar-refractivity contribution in [2.24, 2.45) is 17.3 Å². The highest BCUT2D eigenvalue weighted by Crippen LogP contribution is 2.47. The van der Waals surface area contributed by atoms with E-state index in [1.165, 1.54) is 64.2 Å². The second kappa shape index (κ2) is 7.67. The summed E-state index contributed by atoms with van der Waals surface area (Å²) in [4.78, 5) is 23.8. The van der Waals surface area contributed by atoms with Crippen molar-refractivity contribution in [2.45, 2.75) is 77.0 Å². The van der Waals surface area contributed by atoms with Crippen molar-refractivity contribution in [3.63, 3.8) is 0 Å². The van der Waals surface area contributed by atoms with Gasteiger partial charge in [-0.2, -0.15) is 0 Å². The molecule has 3 rings (SSSR count). The lowest BCUT2D eigenvalue weighted by molar-refractivity contribution is -0.129. The molecular formula is C19H32N2O2. The fraction of sp³-hybridized carbons (Fsp3) is 0.895. The molecule has 0 radical (unpaired) electrons. The fourth-order valence-electron chi connectivity index (χ4n) is 5.06. The minimum Gasteiger partial charge on any atom is -0.355 e. The Morgan fingerprint density at radius 3 is 2.39 bits per heavy atom. The van der Waals surface area contributed by atoms with Gasteiger partial charge < -0.3 is 10.6 Å². The predicted octanol–water partition coefficient (Wildman–Crippen LogP) is 3.16. The average Bonchev–Trinajstić information content (AvgIpc) is 2.62. The second-order valence-electron chi connectivity index (χ2n) is 8.02. The van der Waals surface area contributed by atoms with Crippen molar-refractivity contribution >= 4 is 11.8 Å². The molecule has 0 spiro atoms. The summed E-state index contributed by atoms with van der Waals surface area (Å²) in [5.74, 6) is 1.02. The number of amides is 2. The molecule has 1 atom stereocenters. The number of nitrogens with one attached hydrogen (secondary N) is 2. The van der Waals surface area contributed by atoms with Gasteiger partial charge in [0.2, 0.25) is 11.8 Å². The molecule has 1 saturated heterocycles. The molecule has 1 heterocycles. The van der Waals surface area contributed by atoms with Crippen LogP contribution in [0.1, 0.15) is 77.0 Å². The highest BCUT2D eigenvalue weighted by Gasteiger charge is 2.40. The van der Waals surface area contributed by atoms with E-state index in [1.807, 2.05) is 0 Å². The number of carbonyl (C=O) groups is 2. The first kappa shape index (κ1) is 16.8. The van der Waals surface area contributed by atoms with Crippen LogP contribution in [0.5, 0.6) is 0 Å². The minimum absolute atomic E-state index is 0.0281. The zero-order valence-corrected chi connectivity index (χ0v) is 14.4. The molecule has 2 saturated carbocycles. The molecule has 3 aliphatic rings. The Morgan fingerprint density at radius 2 is 1.74 bits per heavy atom. The lowest BCUT2D eigenvalue weighted by Gasteiger charge is -2.46. The van der Waals surface area contributed by atoms with Gasteiger partial charge in [0.15, 0.2) is 0 Å². The topological polar surface area (TPSA) is 58.2 Å². The second-order valence-corrected chi connectivity index (χ2v) is 8.02. The van der Waals surface area contributed by atoms with E-state index >= 15 is 0 Å². The average molecular weight is 320 g/mol. The summed E-state index contributed by atoms with van der Waals surface area (Å²) >= 11 is 0. The van der Waals surface area contributed by atoms with E-state index in [0.717, 1.165) is 12.5 Å². The van der Waals surface area contributed by atoms with Crippen LogP contribution in [0.25, 0.3) is 0 Å². The largest absolute Gasteiger partial charge is 0.355 e. The van der Waals surface area contributed by atoms with Crippen LogP contribution in [-0.2, 0) is 9.59 Å². The zero-order valence-electron chi connectivity index (χ0n) is 14.4. The Kier molecular flexibility index (Phi) is 5.60. The van der Waals surface area contributed by atoms with Crippen molar-refractivity contribution in [1.82, 2.24) is 10.6 Å². The van der Waals surface area contributed by atoms with E-state index in [4.69, 9.17) is 0 Å². The monoisotopic (exact) mass is 320 g/mol. The van der Waals surface area contributed by atoms with Gasteiger partial charge in [0.05, 0.1) is 5.92 Å². The number of rotatable bonds is 4. The van der Waals surface area contributed by atoms with Crippen LogP contribution in [0.4, 0.5) is 0 Å². The Bertz CT molecular complexity index is 413. The zero-order chi connectivity index (χ0) is 16.1. The van der Waals surface area contributed by atoms with Crippen LogP contribution in [0.2, 0.25) is 0 Å². The van der Waals surface area contributed by atoms with Gasteiger partial charge in [-0.15, -0.1) is 0 Å². The number of hydrogen-bond donors (Lipinski definition) is 2. The first-order valence-electron chi connectivity index (χ1n) is 9.74. The summed E-state index contributed by atoms with van der Waals surface area (Å²) in [5, 5.41) is 6.11. The van der Waals surface area contributed by atoms with Gasteiger partial charge >= 0.3 is 0 Å². The van der Waals surface area contributed by atoms with Crippen LogP contribution in [0, 0.1) is 17.3 Å². The van der Waals surface area contributed by atoms with Gasteiger partial charge in [-0.05, 0) is 43.4 Å². The third-order valence-corrected chi connectivity index (χ3v) is 6.57. The van der Waals surface area contributed by atoms with E-state index < -0.39 is 0 Å². The van der Waals surface area contributed by atoms with Gasteiger partial charge in [0.25, 0.3) is 0 Å². The molecule has 2 amide bonds. The summed E-state index contributed by atoms with van der Waals surface area (Å²) in [7, 11) is 0. The molecule has 0 aromatic rings. The standard InChI is InChI=1S/C19H32N2O2/c22-17-10-9-15(13-20-17)18(23)21-14-19(11-5-2-6-12-19)16-7-3-1-4-8-16/h15-16H,1-14H2,(H,20,22)(H,21,23)/t15-/m0/s1. The Morgan fingerprint density at radius 1 is 1.04 bits per heavy atom. The van der Waals surface area contributed by atoms with E-state index in [2.05, 4.69) is 10.6 Å². The molecule has 2 N–H and O–H groups in total. The van der Waals surface area contributed by atoms with Gasteiger partial charge in [0, 0.05) is 19.5 Å². The van der Waals surface area contributed by atoms with E-state index in [1.54, 1.807) is 0 Å². The first-order valence-corrected chi connectivity index (χ1v) is 9.74. The molecular weight excluding hydrogens is 288 g/mol. The molecule has 4 heteroatoms. The third kappa shape index (κ3) is 4.07.